The third kappa shape index (κ3) is 3.54. The van der Waals surface area contributed by atoms with Crippen LogP contribution in [0.15, 0.2) is 54.6 Å². The summed E-state index contributed by atoms with van der Waals surface area (Å²) in [5.74, 6) is -1.24. The van der Waals surface area contributed by atoms with Gasteiger partial charge < -0.3 is 10.2 Å². The largest absolute Gasteiger partial charge is 0.506 e. The van der Waals surface area contributed by atoms with Gasteiger partial charge in [0.05, 0.1) is 0 Å². The van der Waals surface area contributed by atoms with E-state index in [-0.39, 0.29) is 31.8 Å². The monoisotopic (exact) mass is 492 g/mol. The molecule has 3 aromatic carbocycles. The Morgan fingerprint density at radius 2 is 1.24 bits per heavy atom. The van der Waals surface area contributed by atoms with Gasteiger partial charge in [0.15, 0.2) is 4.75 Å². The Morgan fingerprint density at radius 3 is 1.72 bits per heavy atom. The average Bonchev–Trinajstić information content (AvgIpc) is 2.62. The Hall–Kier alpha value is -1.67. The highest BCUT2D eigenvalue weighted by Crippen LogP contribution is 2.52. The van der Waals surface area contributed by atoms with Gasteiger partial charge in [0.2, 0.25) is 0 Å². The second-order valence-corrected chi connectivity index (χ2v) is 9.22. The first-order valence-corrected chi connectivity index (χ1v) is 10.9. The summed E-state index contributed by atoms with van der Waals surface area (Å²) in [7, 11) is -5.12. The number of hydrogen-bond donors (Lipinski definition) is 3. The molecule has 0 radical (unpaired) electrons. The summed E-state index contributed by atoms with van der Waals surface area (Å²) in [4.78, 5) is 0. The number of phenolic OH excluding ortho intramolecular Hbond substituents is 2. The molecule has 10 heteroatoms. The highest BCUT2D eigenvalue weighted by atomic mass is 35.5. The summed E-state index contributed by atoms with van der Waals surface area (Å²) in [5.41, 5.74) is -0.581. The van der Waals surface area contributed by atoms with Crippen LogP contribution >= 0.6 is 46.4 Å². The minimum Gasteiger partial charge on any atom is -0.506 e. The molecule has 0 saturated heterocycles. The lowest BCUT2D eigenvalue weighted by Gasteiger charge is -2.34. The first kappa shape index (κ1) is 22.0. The summed E-state index contributed by atoms with van der Waals surface area (Å²) < 4.78 is 34.0. The van der Waals surface area contributed by atoms with Gasteiger partial charge in [-0.15, -0.1) is 0 Å². The molecule has 29 heavy (non-hydrogen) atoms. The van der Waals surface area contributed by atoms with Gasteiger partial charge >= 0.3 is 0 Å². The van der Waals surface area contributed by atoms with Crippen molar-refractivity contribution in [3.63, 3.8) is 0 Å². The van der Waals surface area contributed by atoms with E-state index in [9.17, 15) is 23.2 Å². The first-order chi connectivity index (χ1) is 13.5. The molecule has 0 heterocycles. The average molecular weight is 494 g/mol. The topological polar surface area (TPSA) is 94.8 Å². The maximum absolute atomic E-state index is 13.0. The molecule has 0 aliphatic carbocycles. The van der Waals surface area contributed by atoms with E-state index in [2.05, 4.69) is 0 Å². The predicted molar refractivity (Wildman–Crippen MR) is 114 cm³/mol. The van der Waals surface area contributed by atoms with Gasteiger partial charge in [-0.1, -0.05) is 70.7 Å². The minimum atomic E-state index is -5.12. The Kier molecular flexibility index (Phi) is 5.98. The van der Waals surface area contributed by atoms with Crippen molar-refractivity contribution in [2.75, 3.05) is 0 Å². The van der Waals surface area contributed by atoms with Crippen LogP contribution in [-0.4, -0.2) is 23.2 Å². The van der Waals surface area contributed by atoms with E-state index < -0.39 is 31.4 Å². The number of phenols is 2. The Morgan fingerprint density at radius 1 is 0.759 bits per heavy atom. The van der Waals surface area contributed by atoms with Crippen LogP contribution in [0.5, 0.6) is 11.5 Å². The van der Waals surface area contributed by atoms with Gasteiger partial charge in [-0.25, -0.2) is 0 Å². The summed E-state index contributed by atoms with van der Waals surface area (Å²) in [5, 5.41) is 19.7. The van der Waals surface area contributed by atoms with E-state index in [1.54, 1.807) is 6.07 Å². The third-order valence-corrected chi connectivity index (χ3v) is 7.18. The molecule has 152 valence electrons. The number of aromatic hydroxyl groups is 2. The Balaban J connectivity index is 2.66. The third-order valence-electron chi connectivity index (χ3n) is 4.40. The number of hydrogen-bond acceptors (Lipinski definition) is 4. The molecule has 0 aliphatic rings. The molecule has 1 atom stereocenters. The summed E-state index contributed by atoms with van der Waals surface area (Å²) in [6.07, 6.45) is 0. The van der Waals surface area contributed by atoms with Crippen molar-refractivity contribution in [1.82, 2.24) is 0 Å². The van der Waals surface area contributed by atoms with E-state index >= 15 is 0 Å². The van der Waals surface area contributed by atoms with E-state index in [0.29, 0.717) is 0 Å². The van der Waals surface area contributed by atoms with Crippen LogP contribution in [0, 0.1) is 0 Å². The number of halogens is 4. The Labute approximate surface area is 186 Å². The van der Waals surface area contributed by atoms with Crippen LogP contribution in [0.1, 0.15) is 16.7 Å². The molecule has 0 aromatic heterocycles. The first-order valence-electron chi connectivity index (χ1n) is 7.90. The standard InChI is InChI=1S/C19H12Cl4O5S/c20-12-5-2-1-4-11(12)19(29(26,27)28,17-13(21)6-3-7-14(17)22)10-8-15(24)18(23)16(25)9-10/h1-9,24-25H,(H,26,27,28). The van der Waals surface area contributed by atoms with E-state index in [1.165, 1.54) is 36.4 Å². The second kappa shape index (κ2) is 7.87. The lowest BCUT2D eigenvalue weighted by atomic mass is 9.83. The zero-order chi connectivity index (χ0) is 21.6. The molecular weight excluding hydrogens is 482 g/mol. The highest BCUT2D eigenvalue weighted by molar-refractivity contribution is 7.87. The summed E-state index contributed by atoms with van der Waals surface area (Å²) in [6.45, 7) is 0. The van der Waals surface area contributed by atoms with Gasteiger partial charge in [0.25, 0.3) is 10.1 Å². The molecule has 0 saturated carbocycles. The van der Waals surface area contributed by atoms with Gasteiger partial charge in [0, 0.05) is 26.2 Å². The molecular formula is C19H12Cl4O5S. The fourth-order valence-corrected chi connectivity index (χ4v) is 5.81. The van der Waals surface area contributed by atoms with E-state index in [1.807, 2.05) is 0 Å². The second-order valence-electron chi connectivity index (χ2n) is 6.06. The van der Waals surface area contributed by atoms with Crippen molar-refractivity contribution in [1.29, 1.82) is 0 Å². The summed E-state index contributed by atoms with van der Waals surface area (Å²) in [6, 6.07) is 12.1. The lowest BCUT2D eigenvalue weighted by Crippen LogP contribution is -2.39. The molecule has 3 rings (SSSR count). The van der Waals surface area contributed by atoms with Crippen LogP contribution < -0.4 is 0 Å². The molecule has 0 bridgehead atoms. The van der Waals surface area contributed by atoms with Gasteiger partial charge in [-0.2, -0.15) is 8.42 Å². The van der Waals surface area contributed by atoms with Gasteiger partial charge in [-0.05, 0) is 35.9 Å². The fourth-order valence-electron chi connectivity index (χ4n) is 3.23. The van der Waals surface area contributed by atoms with Crippen molar-refractivity contribution >= 4 is 56.5 Å². The number of rotatable bonds is 4. The molecule has 0 aliphatic heterocycles. The van der Waals surface area contributed by atoms with Crippen molar-refractivity contribution in [2.45, 2.75) is 4.75 Å². The Bertz CT molecular complexity index is 1170. The maximum Gasteiger partial charge on any atom is 0.283 e. The molecule has 5 nitrogen and oxygen atoms in total. The van der Waals surface area contributed by atoms with Crippen LogP contribution in [0.4, 0.5) is 0 Å². The quantitative estimate of drug-likeness (QED) is 0.311. The van der Waals surface area contributed by atoms with Gasteiger partial charge in [0.1, 0.15) is 16.5 Å². The van der Waals surface area contributed by atoms with Crippen molar-refractivity contribution in [3.8, 4) is 11.5 Å². The molecule has 3 aromatic rings. The van der Waals surface area contributed by atoms with Crippen molar-refractivity contribution in [3.05, 3.63) is 91.4 Å². The highest BCUT2D eigenvalue weighted by Gasteiger charge is 2.52. The maximum atomic E-state index is 13.0. The zero-order valence-corrected chi connectivity index (χ0v) is 18.1. The molecule has 0 spiro atoms. The van der Waals surface area contributed by atoms with E-state index in [0.717, 1.165) is 12.1 Å². The molecule has 0 fully saturated rings. The lowest BCUT2D eigenvalue weighted by molar-refractivity contribution is 0.444. The molecule has 1 unspecified atom stereocenters. The zero-order valence-electron chi connectivity index (χ0n) is 14.3. The summed E-state index contributed by atoms with van der Waals surface area (Å²) >= 11 is 24.8. The van der Waals surface area contributed by atoms with Crippen LogP contribution in [0.3, 0.4) is 0 Å². The predicted octanol–water partition coefficient (Wildman–Crippen LogP) is 5.89. The van der Waals surface area contributed by atoms with E-state index in [4.69, 9.17) is 46.4 Å². The SMILES string of the molecule is O=S(=O)(O)C(c1cc(O)c(Cl)c(O)c1)(c1ccccc1Cl)c1c(Cl)cccc1Cl. The van der Waals surface area contributed by atoms with Crippen molar-refractivity contribution in [2.24, 2.45) is 0 Å². The fraction of sp³-hybridized carbons (Fsp3) is 0.0526. The molecule has 0 amide bonds. The van der Waals surface area contributed by atoms with Crippen LogP contribution in [0.2, 0.25) is 20.1 Å². The normalized spacial score (nSPS) is 13.8. The van der Waals surface area contributed by atoms with Crippen molar-refractivity contribution < 1.29 is 23.2 Å². The van der Waals surface area contributed by atoms with Gasteiger partial charge in [-0.3, -0.25) is 4.55 Å². The van der Waals surface area contributed by atoms with Crippen LogP contribution in [0.25, 0.3) is 0 Å². The van der Waals surface area contributed by atoms with Crippen LogP contribution in [-0.2, 0) is 14.9 Å². The minimum absolute atomic E-state index is 0.0324. The number of benzene rings is 3. The smallest absolute Gasteiger partial charge is 0.283 e. The molecule has 3 N–H and O–H groups in total.